The van der Waals surface area contributed by atoms with E-state index in [1.807, 2.05) is 37.3 Å². The minimum absolute atomic E-state index is 0.0952. The zero-order valence-corrected chi connectivity index (χ0v) is 15.8. The lowest BCUT2D eigenvalue weighted by Gasteiger charge is -2.12. The second-order valence-corrected chi connectivity index (χ2v) is 7.49. The fraction of sp³-hybridized carbons (Fsp3) is 0.100. The molecule has 0 amide bonds. The number of rotatable bonds is 6. The molecule has 3 aromatic rings. The molecule has 0 aliphatic rings. The second-order valence-electron chi connectivity index (χ2n) is 5.84. The maximum absolute atomic E-state index is 12.7. The first-order valence-electron chi connectivity index (χ1n) is 8.22. The van der Waals surface area contributed by atoms with Crippen LogP contribution in [-0.2, 0) is 10.0 Å². The topological polar surface area (TPSA) is 80.1 Å². The molecule has 138 valence electrons. The molecule has 7 heteroatoms. The zero-order valence-electron chi connectivity index (χ0n) is 15.0. The van der Waals surface area contributed by atoms with Crippen LogP contribution in [0, 0.1) is 6.92 Å². The van der Waals surface area contributed by atoms with Gasteiger partial charge in [0.15, 0.2) is 0 Å². The van der Waals surface area contributed by atoms with Gasteiger partial charge in [0.05, 0.1) is 18.5 Å². The molecule has 3 aromatic carbocycles. The summed E-state index contributed by atoms with van der Waals surface area (Å²) in [4.78, 5) is 0.0952. The number of azo groups is 1. The number of aryl methyl sites for hydroxylation is 1. The molecule has 0 aliphatic heterocycles. The summed E-state index contributed by atoms with van der Waals surface area (Å²) in [6.07, 6.45) is 0. The number of ether oxygens (including phenoxy) is 1. The molecule has 0 aromatic heterocycles. The summed E-state index contributed by atoms with van der Waals surface area (Å²) in [5.74, 6) is 0.293. The maximum Gasteiger partial charge on any atom is 0.265 e. The van der Waals surface area contributed by atoms with E-state index in [1.165, 1.54) is 7.11 Å². The first kappa shape index (κ1) is 18.6. The predicted molar refractivity (Wildman–Crippen MR) is 106 cm³/mol. The average Bonchev–Trinajstić information content (AvgIpc) is 2.68. The van der Waals surface area contributed by atoms with Crippen LogP contribution in [0.2, 0.25) is 0 Å². The molecule has 0 bridgehead atoms. The molecule has 0 aliphatic carbocycles. The molecule has 0 atom stereocenters. The third kappa shape index (κ3) is 4.71. The standard InChI is InChI=1S/C20H19N3O3S/c1-15-8-13-19(26-2)20(14-15)27(24,25)23-18-11-9-17(10-12-18)22-21-16-6-4-3-5-7-16/h3-14,23H,1-2H3. The van der Waals surface area contributed by atoms with Gasteiger partial charge in [-0.05, 0) is 61.0 Å². The molecule has 6 nitrogen and oxygen atoms in total. The summed E-state index contributed by atoms with van der Waals surface area (Å²) in [7, 11) is -2.34. The Kier molecular flexibility index (Phi) is 5.52. The summed E-state index contributed by atoms with van der Waals surface area (Å²) in [6, 6.07) is 21.0. The Morgan fingerprint density at radius 1 is 0.852 bits per heavy atom. The summed E-state index contributed by atoms with van der Waals surface area (Å²) >= 11 is 0. The van der Waals surface area contributed by atoms with Crippen LogP contribution in [0.5, 0.6) is 5.75 Å². The van der Waals surface area contributed by atoms with Gasteiger partial charge in [-0.3, -0.25) is 4.72 Å². The van der Waals surface area contributed by atoms with Crippen LogP contribution in [-0.4, -0.2) is 15.5 Å². The van der Waals surface area contributed by atoms with E-state index in [0.717, 1.165) is 11.3 Å². The normalized spacial score (nSPS) is 11.5. The second kappa shape index (κ2) is 8.01. The highest BCUT2D eigenvalue weighted by Gasteiger charge is 2.19. The Morgan fingerprint density at radius 3 is 2.11 bits per heavy atom. The molecule has 0 radical (unpaired) electrons. The maximum atomic E-state index is 12.7. The van der Waals surface area contributed by atoms with E-state index in [-0.39, 0.29) is 4.90 Å². The van der Waals surface area contributed by atoms with E-state index in [2.05, 4.69) is 15.0 Å². The van der Waals surface area contributed by atoms with Crippen LogP contribution in [0.4, 0.5) is 17.1 Å². The van der Waals surface area contributed by atoms with Gasteiger partial charge in [0.2, 0.25) is 0 Å². The number of sulfonamides is 1. The summed E-state index contributed by atoms with van der Waals surface area (Å²) < 4.78 is 33.1. The number of hydrogen-bond donors (Lipinski definition) is 1. The predicted octanol–water partition coefficient (Wildman–Crippen LogP) is 5.22. The van der Waals surface area contributed by atoms with E-state index >= 15 is 0 Å². The fourth-order valence-corrected chi connectivity index (χ4v) is 3.72. The number of nitrogens with zero attached hydrogens (tertiary/aromatic N) is 2. The third-order valence-corrected chi connectivity index (χ3v) is 5.17. The lowest BCUT2D eigenvalue weighted by Crippen LogP contribution is -2.14. The van der Waals surface area contributed by atoms with Crippen molar-refractivity contribution in [3.05, 3.63) is 78.4 Å². The van der Waals surface area contributed by atoms with Crippen LogP contribution in [0.1, 0.15) is 5.56 Å². The molecular formula is C20H19N3O3S. The fourth-order valence-electron chi connectivity index (χ4n) is 2.41. The molecule has 0 fully saturated rings. The molecule has 0 heterocycles. The molecule has 0 spiro atoms. The largest absolute Gasteiger partial charge is 0.495 e. The number of anilines is 1. The van der Waals surface area contributed by atoms with E-state index in [4.69, 9.17) is 4.74 Å². The SMILES string of the molecule is COc1ccc(C)cc1S(=O)(=O)Nc1ccc(N=Nc2ccccc2)cc1. The van der Waals surface area contributed by atoms with E-state index < -0.39 is 10.0 Å². The Labute approximate surface area is 158 Å². The van der Waals surface area contributed by atoms with Gasteiger partial charge in [0.1, 0.15) is 10.6 Å². The van der Waals surface area contributed by atoms with Crippen LogP contribution >= 0.6 is 0 Å². The van der Waals surface area contributed by atoms with E-state index in [0.29, 0.717) is 17.1 Å². The smallest absolute Gasteiger partial charge is 0.265 e. The first-order valence-corrected chi connectivity index (χ1v) is 9.70. The van der Waals surface area contributed by atoms with Crippen LogP contribution in [0.3, 0.4) is 0 Å². The van der Waals surface area contributed by atoms with Crippen molar-refractivity contribution in [2.24, 2.45) is 10.2 Å². The Morgan fingerprint density at radius 2 is 1.48 bits per heavy atom. The van der Waals surface area contributed by atoms with Crippen LogP contribution in [0.15, 0.2) is 87.9 Å². The molecule has 0 saturated carbocycles. The monoisotopic (exact) mass is 381 g/mol. The Bertz CT molecular complexity index is 1050. The molecule has 0 saturated heterocycles. The highest BCUT2D eigenvalue weighted by molar-refractivity contribution is 7.92. The van der Waals surface area contributed by atoms with E-state index in [9.17, 15) is 8.42 Å². The van der Waals surface area contributed by atoms with Gasteiger partial charge in [0, 0.05) is 5.69 Å². The molecule has 0 unspecified atom stereocenters. The number of benzene rings is 3. The summed E-state index contributed by atoms with van der Waals surface area (Å²) in [5, 5.41) is 8.27. The van der Waals surface area contributed by atoms with Crippen LogP contribution in [0.25, 0.3) is 0 Å². The van der Waals surface area contributed by atoms with Gasteiger partial charge < -0.3 is 4.74 Å². The minimum atomic E-state index is -3.78. The highest BCUT2D eigenvalue weighted by atomic mass is 32.2. The number of nitrogens with one attached hydrogen (secondary N) is 1. The molecule has 1 N–H and O–H groups in total. The Hall–Kier alpha value is -3.19. The van der Waals surface area contributed by atoms with Crippen molar-refractivity contribution in [1.82, 2.24) is 0 Å². The number of hydrogen-bond acceptors (Lipinski definition) is 5. The first-order chi connectivity index (χ1) is 13.0. The van der Waals surface area contributed by atoms with Crippen molar-refractivity contribution in [2.45, 2.75) is 11.8 Å². The van der Waals surface area contributed by atoms with Crippen molar-refractivity contribution in [3.8, 4) is 5.75 Å². The van der Waals surface area contributed by atoms with E-state index in [1.54, 1.807) is 42.5 Å². The molecule has 27 heavy (non-hydrogen) atoms. The van der Waals surface area contributed by atoms with Gasteiger partial charge in [-0.15, -0.1) is 0 Å². The quantitative estimate of drug-likeness (QED) is 0.595. The van der Waals surface area contributed by atoms with Gasteiger partial charge in [0.25, 0.3) is 10.0 Å². The van der Waals surface area contributed by atoms with Gasteiger partial charge in [-0.1, -0.05) is 24.3 Å². The zero-order chi connectivity index (χ0) is 19.3. The molecule has 3 rings (SSSR count). The lowest BCUT2D eigenvalue weighted by molar-refractivity contribution is 0.402. The lowest BCUT2D eigenvalue weighted by atomic mass is 10.2. The Balaban J connectivity index is 1.78. The third-order valence-electron chi connectivity index (χ3n) is 3.77. The summed E-state index contributed by atoms with van der Waals surface area (Å²) in [6.45, 7) is 1.82. The van der Waals surface area contributed by atoms with Crippen molar-refractivity contribution >= 4 is 27.1 Å². The number of methoxy groups -OCH3 is 1. The van der Waals surface area contributed by atoms with Crippen molar-refractivity contribution in [3.63, 3.8) is 0 Å². The van der Waals surface area contributed by atoms with Gasteiger partial charge in [-0.25, -0.2) is 8.42 Å². The van der Waals surface area contributed by atoms with Crippen molar-refractivity contribution in [1.29, 1.82) is 0 Å². The van der Waals surface area contributed by atoms with Crippen molar-refractivity contribution < 1.29 is 13.2 Å². The molecular weight excluding hydrogens is 362 g/mol. The van der Waals surface area contributed by atoms with Crippen molar-refractivity contribution in [2.75, 3.05) is 11.8 Å². The minimum Gasteiger partial charge on any atom is -0.495 e. The highest BCUT2D eigenvalue weighted by Crippen LogP contribution is 2.27. The van der Waals surface area contributed by atoms with Gasteiger partial charge >= 0.3 is 0 Å². The summed E-state index contributed by atoms with van der Waals surface area (Å²) in [5.41, 5.74) is 2.62. The van der Waals surface area contributed by atoms with Crippen LogP contribution < -0.4 is 9.46 Å². The van der Waals surface area contributed by atoms with Gasteiger partial charge in [-0.2, -0.15) is 10.2 Å². The average molecular weight is 381 g/mol.